The number of aryl methyl sites for hydroxylation is 2. The number of ether oxygens (including phenoxy) is 1. The van der Waals surface area contributed by atoms with E-state index >= 15 is 0 Å². The highest BCUT2D eigenvalue weighted by molar-refractivity contribution is 7.99. The van der Waals surface area contributed by atoms with E-state index in [0.29, 0.717) is 17.5 Å². The molecule has 100 valence electrons. The van der Waals surface area contributed by atoms with Gasteiger partial charge in [-0.2, -0.15) is 0 Å². The second-order valence-electron chi connectivity index (χ2n) is 3.97. The Morgan fingerprint density at radius 1 is 1.33 bits per heavy atom. The Bertz CT molecular complexity index is 414. The van der Waals surface area contributed by atoms with E-state index in [9.17, 15) is 4.79 Å². The lowest BCUT2D eigenvalue weighted by Crippen LogP contribution is -2.34. The van der Waals surface area contributed by atoms with Gasteiger partial charge in [0.25, 0.3) is 0 Å². The third-order valence-electron chi connectivity index (χ3n) is 2.59. The van der Waals surface area contributed by atoms with E-state index in [1.54, 1.807) is 6.92 Å². The highest BCUT2D eigenvalue weighted by Crippen LogP contribution is 2.17. The van der Waals surface area contributed by atoms with Crippen LogP contribution in [-0.4, -0.2) is 34.3 Å². The highest BCUT2D eigenvalue weighted by Gasteiger charge is 2.16. The fourth-order valence-electron chi connectivity index (χ4n) is 1.29. The molecule has 6 heteroatoms. The first-order valence-corrected chi connectivity index (χ1v) is 6.81. The van der Waals surface area contributed by atoms with Gasteiger partial charge in [0.15, 0.2) is 5.16 Å². The smallest absolute Gasteiger partial charge is 0.323 e. The van der Waals surface area contributed by atoms with E-state index in [2.05, 4.69) is 9.97 Å². The van der Waals surface area contributed by atoms with Crippen molar-refractivity contribution in [1.29, 1.82) is 0 Å². The predicted octanol–water partition coefficient (Wildman–Crippen LogP) is 1.38. The number of hydrogen-bond acceptors (Lipinski definition) is 6. The Kier molecular flexibility index (Phi) is 5.55. The molecule has 1 aromatic rings. The molecule has 5 nitrogen and oxygen atoms in total. The summed E-state index contributed by atoms with van der Waals surface area (Å²) in [5.41, 5.74) is 8.70. The van der Waals surface area contributed by atoms with Gasteiger partial charge < -0.3 is 10.5 Å². The van der Waals surface area contributed by atoms with Crippen molar-refractivity contribution in [2.75, 3.05) is 12.4 Å². The van der Waals surface area contributed by atoms with Gasteiger partial charge >= 0.3 is 5.97 Å². The number of rotatable bonds is 5. The van der Waals surface area contributed by atoms with E-state index in [1.165, 1.54) is 11.8 Å². The van der Waals surface area contributed by atoms with Crippen molar-refractivity contribution in [3.8, 4) is 0 Å². The average molecular weight is 269 g/mol. The third-order valence-corrected chi connectivity index (χ3v) is 3.56. The van der Waals surface area contributed by atoms with Crippen molar-refractivity contribution in [3.05, 3.63) is 17.0 Å². The largest absolute Gasteiger partial charge is 0.465 e. The minimum Gasteiger partial charge on any atom is -0.465 e. The first kappa shape index (κ1) is 14.9. The van der Waals surface area contributed by atoms with Crippen LogP contribution in [0.1, 0.15) is 23.9 Å². The van der Waals surface area contributed by atoms with Crippen molar-refractivity contribution in [2.24, 2.45) is 5.73 Å². The number of esters is 1. The second-order valence-corrected chi connectivity index (χ2v) is 4.96. The molecule has 1 atom stereocenters. The summed E-state index contributed by atoms with van der Waals surface area (Å²) < 4.78 is 4.84. The topological polar surface area (TPSA) is 78.1 Å². The van der Waals surface area contributed by atoms with Gasteiger partial charge in [0.05, 0.1) is 6.61 Å². The lowest BCUT2D eigenvalue weighted by molar-refractivity contribution is -0.144. The Morgan fingerprint density at radius 3 is 2.39 bits per heavy atom. The van der Waals surface area contributed by atoms with E-state index < -0.39 is 6.04 Å². The number of thioether (sulfide) groups is 1. The summed E-state index contributed by atoms with van der Waals surface area (Å²) in [6.07, 6.45) is 0. The third kappa shape index (κ3) is 3.96. The summed E-state index contributed by atoms with van der Waals surface area (Å²) in [6, 6.07) is -0.638. The minimum absolute atomic E-state index is 0.344. The maximum absolute atomic E-state index is 11.4. The van der Waals surface area contributed by atoms with Crippen LogP contribution in [0.3, 0.4) is 0 Å². The van der Waals surface area contributed by atoms with Gasteiger partial charge in [-0.3, -0.25) is 4.79 Å². The summed E-state index contributed by atoms with van der Waals surface area (Å²) >= 11 is 1.37. The first-order chi connectivity index (χ1) is 8.45. The fraction of sp³-hybridized carbons (Fsp3) is 0.583. The molecule has 0 bridgehead atoms. The van der Waals surface area contributed by atoms with Crippen molar-refractivity contribution in [2.45, 2.75) is 38.9 Å². The van der Waals surface area contributed by atoms with Gasteiger partial charge in [0.2, 0.25) is 0 Å². The van der Waals surface area contributed by atoms with Gasteiger partial charge in [0, 0.05) is 17.1 Å². The van der Waals surface area contributed by atoms with Crippen LogP contribution in [0.15, 0.2) is 5.16 Å². The maximum atomic E-state index is 11.4. The minimum atomic E-state index is -0.638. The number of aromatic nitrogens is 2. The molecule has 0 aliphatic carbocycles. The lowest BCUT2D eigenvalue weighted by atomic mass is 10.2. The standard InChI is InChI=1S/C12H19N3O2S/c1-5-17-11(16)10(13)6-18-12-14-8(3)7(2)9(4)15-12/h10H,5-6,13H2,1-4H3. The number of carbonyl (C=O) groups is 1. The van der Waals surface area contributed by atoms with Crippen molar-refractivity contribution < 1.29 is 9.53 Å². The van der Waals surface area contributed by atoms with Crippen LogP contribution < -0.4 is 5.73 Å². The molecule has 0 saturated carbocycles. The van der Waals surface area contributed by atoms with Crippen molar-refractivity contribution in [1.82, 2.24) is 9.97 Å². The molecule has 1 aromatic heterocycles. The van der Waals surface area contributed by atoms with E-state index in [4.69, 9.17) is 10.5 Å². The van der Waals surface area contributed by atoms with Crippen LogP contribution in [0.2, 0.25) is 0 Å². The lowest BCUT2D eigenvalue weighted by Gasteiger charge is -2.10. The molecule has 18 heavy (non-hydrogen) atoms. The van der Waals surface area contributed by atoms with Crippen molar-refractivity contribution in [3.63, 3.8) is 0 Å². The van der Waals surface area contributed by atoms with Gasteiger partial charge in [-0.25, -0.2) is 9.97 Å². The zero-order valence-electron chi connectivity index (χ0n) is 11.2. The zero-order valence-corrected chi connectivity index (χ0v) is 12.0. The molecule has 2 N–H and O–H groups in total. The number of carbonyl (C=O) groups excluding carboxylic acids is 1. The molecule has 0 saturated heterocycles. The summed E-state index contributed by atoms with van der Waals surface area (Å²) in [5, 5.41) is 0.648. The van der Waals surface area contributed by atoms with Gasteiger partial charge in [0.1, 0.15) is 6.04 Å². The summed E-state index contributed by atoms with van der Waals surface area (Å²) in [7, 11) is 0. The molecular weight excluding hydrogens is 250 g/mol. The fourth-order valence-corrected chi connectivity index (χ4v) is 2.16. The molecule has 0 amide bonds. The molecule has 0 aliphatic heterocycles. The van der Waals surface area contributed by atoms with Gasteiger partial charge in [-0.05, 0) is 33.3 Å². The molecule has 1 unspecified atom stereocenters. The number of nitrogens with two attached hydrogens (primary N) is 1. The van der Waals surface area contributed by atoms with Crippen LogP contribution in [0.25, 0.3) is 0 Å². The highest BCUT2D eigenvalue weighted by atomic mass is 32.2. The Labute approximate surface area is 112 Å². The summed E-state index contributed by atoms with van der Waals surface area (Å²) in [5.74, 6) is 0.0337. The van der Waals surface area contributed by atoms with Gasteiger partial charge in [-0.1, -0.05) is 11.8 Å². The molecule has 1 heterocycles. The van der Waals surface area contributed by atoms with E-state index in [1.807, 2.05) is 20.8 Å². The molecule has 0 radical (unpaired) electrons. The monoisotopic (exact) mass is 269 g/mol. The van der Waals surface area contributed by atoms with Crippen LogP contribution in [0.4, 0.5) is 0 Å². The van der Waals surface area contributed by atoms with Crippen LogP contribution in [0, 0.1) is 20.8 Å². The Balaban J connectivity index is 2.61. The number of nitrogens with zero attached hydrogens (tertiary/aromatic N) is 2. The first-order valence-electron chi connectivity index (χ1n) is 5.82. The molecule has 0 spiro atoms. The van der Waals surface area contributed by atoms with Gasteiger partial charge in [-0.15, -0.1) is 0 Å². The average Bonchev–Trinajstić information content (AvgIpc) is 2.33. The van der Waals surface area contributed by atoms with Crippen LogP contribution >= 0.6 is 11.8 Å². The van der Waals surface area contributed by atoms with E-state index in [-0.39, 0.29) is 5.97 Å². The molecule has 0 aromatic carbocycles. The van der Waals surface area contributed by atoms with Crippen LogP contribution in [-0.2, 0) is 9.53 Å². The Morgan fingerprint density at radius 2 is 1.89 bits per heavy atom. The quantitative estimate of drug-likeness (QED) is 0.494. The van der Waals surface area contributed by atoms with Crippen LogP contribution in [0.5, 0.6) is 0 Å². The summed E-state index contributed by atoms with van der Waals surface area (Å²) in [6.45, 7) is 7.98. The van der Waals surface area contributed by atoms with E-state index in [0.717, 1.165) is 17.0 Å². The molecule has 0 aliphatic rings. The predicted molar refractivity (Wildman–Crippen MR) is 71.6 cm³/mol. The molecule has 1 rings (SSSR count). The number of hydrogen-bond donors (Lipinski definition) is 1. The maximum Gasteiger partial charge on any atom is 0.323 e. The van der Waals surface area contributed by atoms with Crippen molar-refractivity contribution >= 4 is 17.7 Å². The zero-order chi connectivity index (χ0) is 13.7. The summed E-state index contributed by atoms with van der Waals surface area (Å²) in [4.78, 5) is 20.1. The molecular formula is C12H19N3O2S. The molecule has 0 fully saturated rings. The SMILES string of the molecule is CCOC(=O)C(N)CSc1nc(C)c(C)c(C)n1. The normalized spacial score (nSPS) is 12.3. The Hall–Kier alpha value is -1.14. The second kappa shape index (κ2) is 6.70.